The molecule has 0 spiro atoms. The smallest absolute Gasteiger partial charge is 0.341 e. The molecule has 3 rings (SSSR count). The first-order valence-corrected chi connectivity index (χ1v) is 9.67. The Morgan fingerprint density at radius 2 is 1.88 bits per heavy atom. The molecule has 2 heterocycles. The highest BCUT2D eigenvalue weighted by Crippen LogP contribution is 2.37. The minimum atomic E-state index is -0.457. The molecule has 0 bridgehead atoms. The van der Waals surface area contributed by atoms with Crippen LogP contribution < -0.4 is 10.1 Å². The fourth-order valence-corrected chi connectivity index (χ4v) is 3.98. The Morgan fingerprint density at radius 3 is 2.50 bits per heavy atom. The minimum absolute atomic E-state index is 0.242. The molecule has 7 heteroatoms. The van der Waals surface area contributed by atoms with Crippen molar-refractivity contribution < 1.29 is 19.1 Å². The Morgan fingerprint density at radius 1 is 1.12 bits per heavy atom. The van der Waals surface area contributed by atoms with E-state index in [1.807, 2.05) is 41.1 Å². The number of rotatable bonds is 6. The molecule has 0 aliphatic heterocycles. The number of hydrogen-bond acceptors (Lipinski definition) is 6. The quantitative estimate of drug-likeness (QED) is 0.610. The molecule has 0 radical (unpaired) electrons. The first-order valence-electron chi connectivity index (χ1n) is 7.92. The van der Waals surface area contributed by atoms with E-state index < -0.39 is 5.97 Å². The molecule has 0 unspecified atom stereocenters. The van der Waals surface area contributed by atoms with Crippen LogP contribution in [0.15, 0.2) is 47.2 Å². The highest BCUT2D eigenvalue weighted by Gasteiger charge is 2.23. The number of carbonyl (C=O) groups excluding carboxylic acids is 2. The summed E-state index contributed by atoms with van der Waals surface area (Å²) in [5.41, 5.74) is 1.94. The number of thiophene rings is 2. The molecule has 0 aliphatic rings. The summed E-state index contributed by atoms with van der Waals surface area (Å²) < 4.78 is 10.4. The molecule has 0 fully saturated rings. The maximum Gasteiger partial charge on any atom is 0.341 e. The number of anilines is 1. The van der Waals surface area contributed by atoms with Gasteiger partial charge in [-0.1, -0.05) is 18.2 Å². The number of hydrogen-bond donors (Lipinski definition) is 1. The number of nitrogens with one attached hydrogen (secondary N) is 1. The summed E-state index contributed by atoms with van der Waals surface area (Å²) in [6, 6.07) is 10.9. The van der Waals surface area contributed by atoms with Gasteiger partial charge in [0, 0.05) is 10.9 Å². The average molecular weight is 387 g/mol. The molecule has 1 aromatic carbocycles. The van der Waals surface area contributed by atoms with Crippen LogP contribution in [-0.2, 0) is 4.74 Å². The van der Waals surface area contributed by atoms with Gasteiger partial charge in [0.2, 0.25) is 0 Å². The first kappa shape index (κ1) is 18.2. The third-order valence-electron chi connectivity index (χ3n) is 3.64. The van der Waals surface area contributed by atoms with Crippen LogP contribution >= 0.6 is 22.7 Å². The number of ether oxygens (including phenoxy) is 2. The molecule has 0 saturated carbocycles. The average Bonchev–Trinajstić information content (AvgIpc) is 3.32. The number of benzene rings is 1. The van der Waals surface area contributed by atoms with Crippen LogP contribution in [-0.4, -0.2) is 25.6 Å². The third-order valence-corrected chi connectivity index (χ3v) is 5.41. The number of methoxy groups -OCH3 is 1. The molecular formula is C19H17NO4S2. The van der Waals surface area contributed by atoms with Gasteiger partial charge in [0.15, 0.2) is 0 Å². The predicted octanol–water partition coefficient (Wildman–Crippen LogP) is 4.91. The molecule has 0 saturated heterocycles. The minimum Gasteiger partial charge on any atom is -0.497 e. The van der Waals surface area contributed by atoms with Gasteiger partial charge < -0.3 is 14.8 Å². The van der Waals surface area contributed by atoms with E-state index in [9.17, 15) is 9.59 Å². The third kappa shape index (κ3) is 3.79. The van der Waals surface area contributed by atoms with E-state index >= 15 is 0 Å². The summed E-state index contributed by atoms with van der Waals surface area (Å²) in [5.74, 6) is 0.0302. The van der Waals surface area contributed by atoms with E-state index in [0.717, 1.165) is 16.9 Å². The van der Waals surface area contributed by atoms with Crippen molar-refractivity contribution in [2.24, 2.45) is 0 Å². The van der Waals surface area contributed by atoms with E-state index in [1.165, 1.54) is 22.7 Å². The Hall–Kier alpha value is -2.64. The van der Waals surface area contributed by atoms with Crippen molar-refractivity contribution in [2.45, 2.75) is 6.92 Å². The van der Waals surface area contributed by atoms with E-state index in [-0.39, 0.29) is 12.5 Å². The second-order valence-electron chi connectivity index (χ2n) is 5.23. The Balaban J connectivity index is 1.97. The number of carbonyl (C=O) groups is 2. The Labute approximate surface area is 159 Å². The van der Waals surface area contributed by atoms with Gasteiger partial charge in [0.1, 0.15) is 16.3 Å². The van der Waals surface area contributed by atoms with Crippen LogP contribution in [0.4, 0.5) is 5.00 Å². The molecule has 26 heavy (non-hydrogen) atoms. The largest absolute Gasteiger partial charge is 0.497 e. The summed E-state index contributed by atoms with van der Waals surface area (Å²) in [7, 11) is 1.60. The zero-order valence-electron chi connectivity index (χ0n) is 14.3. The Bertz CT molecular complexity index is 898. The van der Waals surface area contributed by atoms with Crippen molar-refractivity contribution >= 4 is 39.6 Å². The lowest BCUT2D eigenvalue weighted by Crippen LogP contribution is -2.13. The van der Waals surface area contributed by atoms with Gasteiger partial charge in [0.05, 0.1) is 18.6 Å². The molecule has 1 amide bonds. The molecule has 1 N–H and O–H groups in total. The highest BCUT2D eigenvalue weighted by atomic mass is 32.1. The first-order chi connectivity index (χ1) is 12.6. The summed E-state index contributed by atoms with van der Waals surface area (Å²) in [6.45, 7) is 2.01. The van der Waals surface area contributed by atoms with Gasteiger partial charge in [-0.3, -0.25) is 4.79 Å². The summed E-state index contributed by atoms with van der Waals surface area (Å²) >= 11 is 2.65. The van der Waals surface area contributed by atoms with Crippen LogP contribution in [0.1, 0.15) is 27.0 Å². The second-order valence-corrected chi connectivity index (χ2v) is 7.06. The zero-order valence-corrected chi connectivity index (χ0v) is 15.9. The topological polar surface area (TPSA) is 64.6 Å². The van der Waals surface area contributed by atoms with Gasteiger partial charge in [0.25, 0.3) is 5.91 Å². The lowest BCUT2D eigenvalue weighted by atomic mass is 10.0. The van der Waals surface area contributed by atoms with Gasteiger partial charge in [-0.25, -0.2) is 4.79 Å². The van der Waals surface area contributed by atoms with Crippen LogP contribution in [0, 0.1) is 0 Å². The van der Waals surface area contributed by atoms with Crippen LogP contribution in [0.5, 0.6) is 5.75 Å². The molecule has 5 nitrogen and oxygen atoms in total. The number of esters is 1. The van der Waals surface area contributed by atoms with Crippen molar-refractivity contribution in [3.05, 3.63) is 57.6 Å². The fourth-order valence-electron chi connectivity index (χ4n) is 2.41. The van der Waals surface area contributed by atoms with E-state index in [4.69, 9.17) is 9.47 Å². The van der Waals surface area contributed by atoms with Gasteiger partial charge in [-0.05, 0) is 36.1 Å². The summed E-state index contributed by atoms with van der Waals surface area (Å²) in [4.78, 5) is 25.5. The van der Waals surface area contributed by atoms with Gasteiger partial charge in [-0.15, -0.1) is 22.7 Å². The van der Waals surface area contributed by atoms with Crippen molar-refractivity contribution in [3.63, 3.8) is 0 Å². The second kappa shape index (κ2) is 8.16. The lowest BCUT2D eigenvalue weighted by Gasteiger charge is -2.09. The fraction of sp³-hybridized carbons (Fsp3) is 0.158. The normalized spacial score (nSPS) is 10.4. The predicted molar refractivity (Wildman–Crippen MR) is 105 cm³/mol. The van der Waals surface area contributed by atoms with Crippen molar-refractivity contribution in [1.29, 1.82) is 0 Å². The van der Waals surface area contributed by atoms with E-state index in [1.54, 1.807) is 20.1 Å². The maximum atomic E-state index is 12.5. The van der Waals surface area contributed by atoms with Gasteiger partial charge in [-0.2, -0.15) is 0 Å². The van der Waals surface area contributed by atoms with Crippen LogP contribution in [0.25, 0.3) is 11.1 Å². The molecule has 134 valence electrons. The van der Waals surface area contributed by atoms with Crippen molar-refractivity contribution in [3.8, 4) is 16.9 Å². The summed E-state index contributed by atoms with van der Waals surface area (Å²) in [5, 5.41) is 6.99. The van der Waals surface area contributed by atoms with Crippen LogP contribution in [0.3, 0.4) is 0 Å². The molecule has 0 atom stereocenters. The molecule has 0 aliphatic carbocycles. The maximum absolute atomic E-state index is 12.5. The molecular weight excluding hydrogens is 370 g/mol. The molecule has 3 aromatic rings. The standard InChI is InChI=1S/C19H17NO4S2/c1-3-24-19(22)16-14(12-6-8-13(23-2)9-7-12)11-26-18(16)20-17(21)15-5-4-10-25-15/h4-11H,3H2,1-2H3,(H,20,21). The number of amides is 1. The van der Waals surface area contributed by atoms with E-state index in [0.29, 0.717) is 15.4 Å². The van der Waals surface area contributed by atoms with Crippen molar-refractivity contribution in [1.82, 2.24) is 0 Å². The highest BCUT2D eigenvalue weighted by molar-refractivity contribution is 7.15. The lowest BCUT2D eigenvalue weighted by molar-refractivity contribution is 0.0529. The SMILES string of the molecule is CCOC(=O)c1c(-c2ccc(OC)cc2)csc1NC(=O)c1cccs1. The monoisotopic (exact) mass is 387 g/mol. The zero-order chi connectivity index (χ0) is 18.5. The van der Waals surface area contributed by atoms with Crippen molar-refractivity contribution in [2.75, 3.05) is 19.0 Å². The van der Waals surface area contributed by atoms with E-state index in [2.05, 4.69) is 5.32 Å². The van der Waals surface area contributed by atoms with Gasteiger partial charge >= 0.3 is 5.97 Å². The Kier molecular flexibility index (Phi) is 5.70. The molecule has 2 aromatic heterocycles. The van der Waals surface area contributed by atoms with Crippen LogP contribution in [0.2, 0.25) is 0 Å². The summed E-state index contributed by atoms with van der Waals surface area (Å²) in [6.07, 6.45) is 0.